The summed E-state index contributed by atoms with van der Waals surface area (Å²) in [6.45, 7) is 7.63. The van der Waals surface area contributed by atoms with E-state index in [-0.39, 0.29) is 18.2 Å². The number of methoxy groups -OCH3 is 1. The molecule has 4 N–H and O–H groups in total. The molecule has 9 nitrogen and oxygen atoms in total. The molecule has 0 aliphatic rings. The van der Waals surface area contributed by atoms with Gasteiger partial charge in [-0.2, -0.15) is 0 Å². The van der Waals surface area contributed by atoms with E-state index in [4.69, 9.17) is 10.5 Å². The Kier molecular flexibility index (Phi) is 15.8. The highest BCUT2D eigenvalue weighted by molar-refractivity contribution is 5.73. The molecule has 0 amide bonds. The minimum atomic E-state index is -4.86. The Morgan fingerprint density at radius 2 is 1.87 bits per heavy atom. The number of aromatic nitrogens is 2. The zero-order valence-electron chi connectivity index (χ0n) is 23.1. The number of rotatable bonds is 16. The van der Waals surface area contributed by atoms with Crippen LogP contribution in [0.5, 0.6) is 11.5 Å². The lowest BCUT2D eigenvalue weighted by molar-refractivity contribution is -0.274. The van der Waals surface area contributed by atoms with Crippen LogP contribution in [-0.2, 0) is 27.2 Å². The van der Waals surface area contributed by atoms with Gasteiger partial charge in [0.15, 0.2) is 5.82 Å². The van der Waals surface area contributed by atoms with E-state index in [9.17, 15) is 23.1 Å². The van der Waals surface area contributed by atoms with Crippen molar-refractivity contribution in [2.24, 2.45) is 5.73 Å². The van der Waals surface area contributed by atoms with Crippen LogP contribution in [0.25, 0.3) is 11.3 Å². The summed E-state index contributed by atoms with van der Waals surface area (Å²) in [5, 5.41) is 22.7. The third-order valence-electron chi connectivity index (χ3n) is 5.85. The summed E-state index contributed by atoms with van der Waals surface area (Å²) in [4.78, 5) is 9.18. The monoisotopic (exact) mass is 558 g/mol. The van der Waals surface area contributed by atoms with Gasteiger partial charge in [0.05, 0.1) is 6.61 Å². The maximum atomic E-state index is 12.5. The Hall–Kier alpha value is -3.12. The summed E-state index contributed by atoms with van der Waals surface area (Å²) < 4.78 is 50.9. The number of hydrogen-bond acceptors (Lipinski definition) is 9. The van der Waals surface area contributed by atoms with Crippen LogP contribution in [0.15, 0.2) is 18.2 Å². The van der Waals surface area contributed by atoms with Crippen LogP contribution in [0, 0.1) is 0 Å². The van der Waals surface area contributed by atoms with E-state index in [1.54, 1.807) is 14.0 Å². The molecule has 1 heterocycles. The van der Waals surface area contributed by atoms with E-state index in [2.05, 4.69) is 38.8 Å². The average molecular weight is 559 g/mol. The first-order chi connectivity index (χ1) is 18.6. The van der Waals surface area contributed by atoms with Crippen molar-refractivity contribution in [2.75, 3.05) is 25.6 Å². The number of phenolic OH excluding ortho intramolecular Hbond substituents is 1. The predicted molar refractivity (Wildman–Crippen MR) is 143 cm³/mol. The number of phenols is 1. The van der Waals surface area contributed by atoms with E-state index in [1.807, 2.05) is 0 Å². The van der Waals surface area contributed by atoms with Gasteiger partial charge in [-0.3, -0.25) is 4.79 Å². The Morgan fingerprint density at radius 1 is 1.13 bits per heavy atom. The molecule has 0 aliphatic heterocycles. The minimum absolute atomic E-state index is 0.189. The zero-order chi connectivity index (χ0) is 29.3. The molecule has 0 bridgehead atoms. The minimum Gasteiger partial charge on any atom is -0.507 e. The van der Waals surface area contributed by atoms with Gasteiger partial charge in [0.2, 0.25) is 0 Å². The normalized spacial score (nSPS) is 11.8. The smallest absolute Gasteiger partial charge is 0.507 e. The van der Waals surface area contributed by atoms with Crippen LogP contribution < -0.4 is 15.8 Å². The Morgan fingerprint density at radius 3 is 2.38 bits per heavy atom. The maximum absolute atomic E-state index is 12.5. The van der Waals surface area contributed by atoms with Crippen LogP contribution in [0.2, 0.25) is 0 Å². The molecule has 1 atom stereocenters. The molecular formula is C27H41F3N4O5. The fraction of sp³-hybridized carbons (Fsp3) is 0.593. The zero-order valence-corrected chi connectivity index (χ0v) is 23.1. The van der Waals surface area contributed by atoms with Crippen molar-refractivity contribution in [3.8, 4) is 22.8 Å². The number of alkyl halides is 3. The molecule has 0 saturated heterocycles. The molecule has 39 heavy (non-hydrogen) atoms. The van der Waals surface area contributed by atoms with Gasteiger partial charge in [-0.05, 0) is 50.3 Å². The second-order valence-electron chi connectivity index (χ2n) is 8.68. The van der Waals surface area contributed by atoms with Crippen molar-refractivity contribution in [2.45, 2.75) is 84.7 Å². The molecule has 12 heteroatoms. The molecule has 0 unspecified atom stereocenters. The summed E-state index contributed by atoms with van der Waals surface area (Å²) in [7, 11) is 1.61. The van der Waals surface area contributed by atoms with Gasteiger partial charge in [-0.1, -0.05) is 33.1 Å². The number of nitrogens with two attached hydrogens (primary N) is 1. The summed E-state index contributed by atoms with van der Waals surface area (Å²) in [5.41, 5.74) is 8.30. The third-order valence-corrected chi connectivity index (χ3v) is 5.85. The van der Waals surface area contributed by atoms with Crippen molar-refractivity contribution in [3.05, 3.63) is 29.3 Å². The third kappa shape index (κ3) is 12.1. The van der Waals surface area contributed by atoms with Gasteiger partial charge in [0, 0.05) is 43.5 Å². The highest BCUT2D eigenvalue weighted by atomic mass is 19.4. The highest BCUT2D eigenvalue weighted by Gasteiger charge is 2.31. The molecule has 1 aromatic carbocycles. The SMILES string of the molecule is CCCCC[C@H](CC)Nc1nnc(-c2ccc(OC(F)(F)F)cc2O)c(CCCOC)c1CN.CCOC=O. The molecule has 2 aromatic rings. The Labute approximate surface area is 228 Å². The van der Waals surface area contributed by atoms with E-state index < -0.39 is 17.9 Å². The highest BCUT2D eigenvalue weighted by Crippen LogP contribution is 2.37. The first kappa shape index (κ1) is 33.9. The van der Waals surface area contributed by atoms with Crippen molar-refractivity contribution in [1.82, 2.24) is 10.2 Å². The number of halogens is 3. The number of carbonyl (C=O) groups excluding carboxylic acids is 1. The van der Waals surface area contributed by atoms with Crippen LogP contribution in [-0.4, -0.2) is 54.5 Å². The standard InChI is InChI=1S/C24H35F3N4O3.C3H6O2/c1-4-6-7-9-16(5-2)29-23-20(15-28)18(10-8-13-33-3)22(30-31-23)19-12-11-17(14-21(19)32)34-24(25,26)27;1-2-5-3-4/h11-12,14,16,32H,4-10,13,15,28H2,1-3H3,(H,29,31);3H,2H2,1H3/t16-;/m0./s1. The Balaban J connectivity index is 0.00000139. The fourth-order valence-corrected chi connectivity index (χ4v) is 3.91. The number of anilines is 1. The molecular weight excluding hydrogens is 517 g/mol. The lowest BCUT2D eigenvalue weighted by atomic mass is 9.96. The van der Waals surface area contributed by atoms with Gasteiger partial charge in [0.25, 0.3) is 6.47 Å². The fourth-order valence-electron chi connectivity index (χ4n) is 3.91. The van der Waals surface area contributed by atoms with E-state index in [0.29, 0.717) is 44.0 Å². The van der Waals surface area contributed by atoms with E-state index in [1.165, 1.54) is 6.07 Å². The number of nitrogens with one attached hydrogen (secondary N) is 1. The maximum Gasteiger partial charge on any atom is 0.573 e. The number of benzene rings is 1. The van der Waals surface area contributed by atoms with Gasteiger partial charge < -0.3 is 30.4 Å². The van der Waals surface area contributed by atoms with Crippen molar-refractivity contribution >= 4 is 12.3 Å². The second kappa shape index (κ2) is 18.2. The largest absolute Gasteiger partial charge is 0.573 e. The lowest BCUT2D eigenvalue weighted by Gasteiger charge is -2.22. The van der Waals surface area contributed by atoms with Crippen molar-refractivity contribution in [3.63, 3.8) is 0 Å². The van der Waals surface area contributed by atoms with Crippen molar-refractivity contribution in [1.29, 1.82) is 0 Å². The van der Waals surface area contributed by atoms with E-state index >= 15 is 0 Å². The number of nitrogens with zero attached hydrogens (tertiary/aromatic N) is 2. The number of aromatic hydroxyl groups is 1. The van der Waals surface area contributed by atoms with Crippen LogP contribution in [0.3, 0.4) is 0 Å². The van der Waals surface area contributed by atoms with E-state index in [0.717, 1.165) is 55.4 Å². The molecule has 0 saturated carbocycles. The van der Waals surface area contributed by atoms with Gasteiger partial charge in [0.1, 0.15) is 17.2 Å². The number of unbranched alkanes of at least 4 members (excludes halogenated alkanes) is 2. The molecule has 0 spiro atoms. The van der Waals surface area contributed by atoms with Crippen molar-refractivity contribution < 1.29 is 37.3 Å². The molecule has 220 valence electrons. The molecule has 0 radical (unpaired) electrons. The molecule has 1 aromatic heterocycles. The summed E-state index contributed by atoms with van der Waals surface area (Å²) in [6, 6.07) is 3.61. The lowest BCUT2D eigenvalue weighted by Crippen LogP contribution is -2.22. The van der Waals surface area contributed by atoms with Gasteiger partial charge in [-0.15, -0.1) is 23.4 Å². The number of hydrogen-bond donors (Lipinski definition) is 3. The summed E-state index contributed by atoms with van der Waals surface area (Å²) in [5.74, 6) is -0.310. The number of ether oxygens (including phenoxy) is 3. The Bertz CT molecular complexity index is 993. The van der Waals surface area contributed by atoms with Crippen LogP contribution in [0.4, 0.5) is 19.0 Å². The molecule has 2 rings (SSSR count). The average Bonchev–Trinajstić information content (AvgIpc) is 2.88. The summed E-state index contributed by atoms with van der Waals surface area (Å²) >= 11 is 0. The molecule has 0 aliphatic carbocycles. The summed E-state index contributed by atoms with van der Waals surface area (Å²) in [6.07, 6.45) is 1.67. The van der Waals surface area contributed by atoms with Crippen LogP contribution >= 0.6 is 0 Å². The topological polar surface area (TPSA) is 129 Å². The number of carbonyl (C=O) groups is 1. The predicted octanol–water partition coefficient (Wildman–Crippen LogP) is 5.74. The van der Waals surface area contributed by atoms with Crippen LogP contribution in [0.1, 0.15) is 70.4 Å². The second-order valence-corrected chi connectivity index (χ2v) is 8.68. The quantitative estimate of drug-likeness (QED) is 0.175. The first-order valence-corrected chi connectivity index (χ1v) is 13.1. The van der Waals surface area contributed by atoms with Gasteiger partial charge >= 0.3 is 6.36 Å². The first-order valence-electron chi connectivity index (χ1n) is 13.1. The van der Waals surface area contributed by atoms with Gasteiger partial charge in [-0.25, -0.2) is 0 Å². The molecule has 0 fully saturated rings.